The number of hydrogen-bond donors (Lipinski definition) is 1. The molecule has 0 radical (unpaired) electrons. The summed E-state index contributed by atoms with van der Waals surface area (Å²) in [6, 6.07) is 3.84. The highest BCUT2D eigenvalue weighted by Gasteiger charge is 2.15. The fourth-order valence-corrected chi connectivity index (χ4v) is 1.72. The van der Waals surface area contributed by atoms with Crippen molar-refractivity contribution in [1.82, 2.24) is 14.8 Å². The molecule has 0 unspecified atom stereocenters. The van der Waals surface area contributed by atoms with Crippen LogP contribution in [-0.4, -0.2) is 20.7 Å². The quantitative estimate of drug-likeness (QED) is 0.682. The van der Waals surface area contributed by atoms with Crippen LogP contribution >= 0.6 is 0 Å². The van der Waals surface area contributed by atoms with Crippen LogP contribution in [0.2, 0.25) is 0 Å². The zero-order valence-electron chi connectivity index (χ0n) is 11.2. The molecule has 0 aliphatic carbocycles. The smallest absolute Gasteiger partial charge is 0.341 e. The zero-order chi connectivity index (χ0) is 14.7. The number of carbonyl (C=O) groups excluding carboxylic acids is 1. The summed E-state index contributed by atoms with van der Waals surface area (Å²) in [7, 11) is 0. The van der Waals surface area contributed by atoms with E-state index in [9.17, 15) is 9.18 Å². The first-order valence-electron chi connectivity index (χ1n) is 6.09. The van der Waals surface area contributed by atoms with E-state index in [1.54, 1.807) is 4.68 Å². The molecule has 106 valence electrons. The predicted octanol–water partition coefficient (Wildman–Crippen LogP) is 1.94. The van der Waals surface area contributed by atoms with Gasteiger partial charge in [0.15, 0.2) is 12.4 Å². The molecular weight excluding hydrogens is 263 g/mol. The van der Waals surface area contributed by atoms with Crippen LogP contribution in [0.5, 0.6) is 0 Å². The minimum atomic E-state index is -0.784. The van der Waals surface area contributed by atoms with E-state index in [0.29, 0.717) is 11.5 Å². The van der Waals surface area contributed by atoms with Gasteiger partial charge in [-0.25, -0.2) is 18.9 Å². The minimum absolute atomic E-state index is 0.0781. The van der Waals surface area contributed by atoms with Crippen molar-refractivity contribution in [3.8, 4) is 0 Å². The third kappa shape index (κ3) is 2.93. The topological polar surface area (TPSA) is 83.0 Å². The van der Waals surface area contributed by atoms with Crippen molar-refractivity contribution in [2.75, 3.05) is 5.73 Å². The van der Waals surface area contributed by atoms with Crippen molar-refractivity contribution in [3.63, 3.8) is 0 Å². The Morgan fingerprint density at radius 3 is 2.95 bits per heavy atom. The van der Waals surface area contributed by atoms with Crippen LogP contribution in [0.4, 0.5) is 10.1 Å². The number of hydrogen-bond acceptors (Lipinski definition) is 5. The normalized spacial score (nSPS) is 10.8. The largest absolute Gasteiger partial charge is 0.454 e. The molecule has 1 heterocycles. The van der Waals surface area contributed by atoms with Gasteiger partial charge in [0.2, 0.25) is 0 Å². The molecule has 1 aromatic heterocycles. The van der Waals surface area contributed by atoms with Gasteiger partial charge in [-0.05, 0) is 32.0 Å². The lowest BCUT2D eigenvalue weighted by Gasteiger charge is -2.10. The summed E-state index contributed by atoms with van der Waals surface area (Å²) in [5.74, 6) is -0.958. The molecule has 7 heteroatoms. The molecule has 0 atom stereocenters. The van der Waals surface area contributed by atoms with Gasteiger partial charge in [-0.1, -0.05) is 0 Å². The van der Waals surface area contributed by atoms with Crippen LogP contribution in [0.15, 0.2) is 24.5 Å². The van der Waals surface area contributed by atoms with E-state index in [4.69, 9.17) is 10.5 Å². The predicted molar refractivity (Wildman–Crippen MR) is 70.3 cm³/mol. The van der Waals surface area contributed by atoms with Crippen molar-refractivity contribution in [2.24, 2.45) is 0 Å². The number of rotatable bonds is 4. The second-order valence-corrected chi connectivity index (χ2v) is 4.53. The summed E-state index contributed by atoms with van der Waals surface area (Å²) in [4.78, 5) is 15.8. The Labute approximate surface area is 115 Å². The number of esters is 1. The maximum absolute atomic E-state index is 13.5. The number of ether oxygens (including phenoxy) is 1. The van der Waals surface area contributed by atoms with Gasteiger partial charge in [0.25, 0.3) is 0 Å². The number of nitrogen functional groups attached to an aromatic ring is 1. The molecule has 2 N–H and O–H groups in total. The molecule has 0 bridgehead atoms. The van der Waals surface area contributed by atoms with E-state index in [0.717, 1.165) is 6.07 Å². The van der Waals surface area contributed by atoms with Gasteiger partial charge in [0.05, 0.1) is 5.56 Å². The van der Waals surface area contributed by atoms with Gasteiger partial charge in [-0.3, -0.25) is 0 Å². The Balaban J connectivity index is 2.09. The summed E-state index contributed by atoms with van der Waals surface area (Å²) in [6.07, 6.45) is 1.38. The summed E-state index contributed by atoms with van der Waals surface area (Å²) < 4.78 is 20.2. The van der Waals surface area contributed by atoms with Gasteiger partial charge < -0.3 is 10.5 Å². The number of halogens is 1. The average Bonchev–Trinajstić information content (AvgIpc) is 2.87. The molecule has 0 saturated carbocycles. The lowest BCUT2D eigenvalue weighted by atomic mass is 10.2. The van der Waals surface area contributed by atoms with E-state index >= 15 is 0 Å². The fraction of sp³-hybridized carbons (Fsp3) is 0.308. The Kier molecular flexibility index (Phi) is 3.97. The van der Waals surface area contributed by atoms with Gasteiger partial charge >= 0.3 is 5.97 Å². The Morgan fingerprint density at radius 1 is 1.50 bits per heavy atom. The highest BCUT2D eigenvalue weighted by Crippen LogP contribution is 2.14. The van der Waals surface area contributed by atoms with E-state index in [2.05, 4.69) is 10.1 Å². The highest BCUT2D eigenvalue weighted by molar-refractivity contribution is 5.90. The third-order valence-corrected chi connectivity index (χ3v) is 2.68. The lowest BCUT2D eigenvalue weighted by molar-refractivity contribution is 0.0450. The van der Waals surface area contributed by atoms with E-state index < -0.39 is 11.8 Å². The standard InChI is InChI=1S/C13H15FN4O2/c1-8(2)18-12(16-7-17-18)6-20-13(19)10-5-9(15)3-4-11(10)14/h3-5,7-8H,6,15H2,1-2H3. The van der Waals surface area contributed by atoms with Crippen LogP contribution in [-0.2, 0) is 11.3 Å². The Bertz CT molecular complexity index is 625. The van der Waals surface area contributed by atoms with Gasteiger partial charge in [0, 0.05) is 11.7 Å². The van der Waals surface area contributed by atoms with Crippen molar-refractivity contribution in [1.29, 1.82) is 0 Å². The number of anilines is 1. The molecule has 20 heavy (non-hydrogen) atoms. The fourth-order valence-electron chi connectivity index (χ4n) is 1.72. The first-order chi connectivity index (χ1) is 9.49. The number of benzene rings is 1. The monoisotopic (exact) mass is 278 g/mol. The number of nitrogens with zero attached hydrogens (tertiary/aromatic N) is 3. The van der Waals surface area contributed by atoms with Crippen LogP contribution in [0.1, 0.15) is 36.1 Å². The maximum Gasteiger partial charge on any atom is 0.341 e. The van der Waals surface area contributed by atoms with Gasteiger partial charge in [0.1, 0.15) is 12.1 Å². The molecule has 0 spiro atoms. The summed E-state index contributed by atoms with van der Waals surface area (Å²) in [5.41, 5.74) is 5.62. The highest BCUT2D eigenvalue weighted by atomic mass is 19.1. The zero-order valence-corrected chi connectivity index (χ0v) is 11.2. The summed E-state index contributed by atoms with van der Waals surface area (Å²) >= 11 is 0. The van der Waals surface area contributed by atoms with E-state index in [-0.39, 0.29) is 18.2 Å². The molecule has 2 aromatic rings. The number of nitrogens with two attached hydrogens (primary N) is 1. The second kappa shape index (κ2) is 5.68. The Morgan fingerprint density at radius 2 is 2.25 bits per heavy atom. The minimum Gasteiger partial charge on any atom is -0.454 e. The van der Waals surface area contributed by atoms with Crippen LogP contribution in [0.3, 0.4) is 0 Å². The molecule has 1 aromatic carbocycles. The molecule has 2 rings (SSSR count). The molecule has 0 aliphatic rings. The van der Waals surface area contributed by atoms with Gasteiger partial charge in [-0.15, -0.1) is 0 Å². The maximum atomic E-state index is 13.5. The first kappa shape index (κ1) is 14.0. The average molecular weight is 278 g/mol. The summed E-state index contributed by atoms with van der Waals surface area (Å²) in [5, 5.41) is 4.02. The van der Waals surface area contributed by atoms with E-state index in [1.807, 2.05) is 13.8 Å². The molecule has 0 aliphatic heterocycles. The Hall–Kier alpha value is -2.44. The third-order valence-electron chi connectivity index (χ3n) is 2.68. The molecular formula is C13H15FN4O2. The second-order valence-electron chi connectivity index (χ2n) is 4.53. The first-order valence-corrected chi connectivity index (χ1v) is 6.09. The van der Waals surface area contributed by atoms with E-state index in [1.165, 1.54) is 18.5 Å². The SMILES string of the molecule is CC(C)n1ncnc1COC(=O)c1cc(N)ccc1F. The van der Waals surface area contributed by atoms with Crippen molar-refractivity contribution in [2.45, 2.75) is 26.5 Å². The van der Waals surface area contributed by atoms with Crippen LogP contribution < -0.4 is 5.73 Å². The van der Waals surface area contributed by atoms with Crippen molar-refractivity contribution >= 4 is 11.7 Å². The van der Waals surface area contributed by atoms with Crippen LogP contribution in [0, 0.1) is 5.82 Å². The molecule has 0 amide bonds. The van der Waals surface area contributed by atoms with Crippen molar-refractivity contribution in [3.05, 3.63) is 41.7 Å². The number of aromatic nitrogens is 3. The lowest BCUT2D eigenvalue weighted by Crippen LogP contribution is -2.13. The van der Waals surface area contributed by atoms with Gasteiger partial charge in [-0.2, -0.15) is 5.10 Å². The molecule has 0 saturated heterocycles. The summed E-state index contributed by atoms with van der Waals surface area (Å²) in [6.45, 7) is 3.78. The number of carbonyl (C=O) groups is 1. The molecule has 6 nitrogen and oxygen atoms in total. The van der Waals surface area contributed by atoms with Crippen LogP contribution in [0.25, 0.3) is 0 Å². The molecule has 0 fully saturated rings. The van der Waals surface area contributed by atoms with Crippen molar-refractivity contribution < 1.29 is 13.9 Å².